The van der Waals surface area contributed by atoms with E-state index < -0.39 is 23.8 Å². The minimum Gasteiger partial charge on any atom is -0.484 e. The van der Waals surface area contributed by atoms with Gasteiger partial charge < -0.3 is 20.5 Å². The summed E-state index contributed by atoms with van der Waals surface area (Å²) in [6.07, 6.45) is 1.87. The molecule has 9 heteroatoms. The lowest BCUT2D eigenvalue weighted by atomic mass is 10.0. The number of carbonyl (C=O) groups is 3. The quantitative estimate of drug-likeness (QED) is 0.333. The molecule has 0 aromatic heterocycles. The zero-order valence-electron chi connectivity index (χ0n) is 19.0. The van der Waals surface area contributed by atoms with Crippen LogP contribution >= 0.6 is 0 Å². The Morgan fingerprint density at radius 1 is 1.06 bits per heavy atom. The zero-order chi connectivity index (χ0) is 24.2. The summed E-state index contributed by atoms with van der Waals surface area (Å²) in [5, 5.41) is 6.67. The van der Waals surface area contributed by atoms with Gasteiger partial charge in [0.15, 0.2) is 13.2 Å². The number of amides is 3. The van der Waals surface area contributed by atoms with Crippen LogP contribution in [0, 0.1) is 12.8 Å². The van der Waals surface area contributed by atoms with Crippen LogP contribution in [0.15, 0.2) is 53.6 Å². The molecule has 2 rings (SSSR count). The Morgan fingerprint density at radius 2 is 1.82 bits per heavy atom. The van der Waals surface area contributed by atoms with Crippen LogP contribution in [0.1, 0.15) is 31.4 Å². The number of ether oxygens (including phenoxy) is 2. The fourth-order valence-corrected chi connectivity index (χ4v) is 2.89. The smallest absolute Gasteiger partial charge is 0.262 e. The van der Waals surface area contributed by atoms with Crippen molar-refractivity contribution in [3.05, 3.63) is 59.7 Å². The number of nitrogens with one attached hydrogen (secondary N) is 2. The maximum Gasteiger partial charge on any atom is 0.262 e. The Bertz CT molecular complexity index is 990. The third-order valence-corrected chi connectivity index (χ3v) is 4.44. The summed E-state index contributed by atoms with van der Waals surface area (Å²) in [6, 6.07) is 13.4. The number of nitrogens with zero attached hydrogens (tertiary/aromatic N) is 1. The van der Waals surface area contributed by atoms with E-state index in [1.807, 2.05) is 39.0 Å². The Balaban J connectivity index is 1.92. The Kier molecular flexibility index (Phi) is 9.88. The van der Waals surface area contributed by atoms with Gasteiger partial charge in [0.25, 0.3) is 17.7 Å². The van der Waals surface area contributed by atoms with E-state index in [-0.39, 0.29) is 19.1 Å². The summed E-state index contributed by atoms with van der Waals surface area (Å²) in [6.45, 7) is 5.36. The molecule has 0 heterocycles. The van der Waals surface area contributed by atoms with Gasteiger partial charge >= 0.3 is 0 Å². The summed E-state index contributed by atoms with van der Waals surface area (Å²) >= 11 is 0. The van der Waals surface area contributed by atoms with Gasteiger partial charge in [0.2, 0.25) is 0 Å². The third kappa shape index (κ3) is 9.42. The van der Waals surface area contributed by atoms with E-state index in [1.165, 1.54) is 6.21 Å². The first-order valence-electron chi connectivity index (χ1n) is 10.6. The van der Waals surface area contributed by atoms with Crippen LogP contribution in [0.5, 0.6) is 11.5 Å². The molecular weight excluding hydrogens is 424 g/mol. The normalized spacial score (nSPS) is 11.8. The topological polar surface area (TPSA) is 132 Å². The van der Waals surface area contributed by atoms with Crippen molar-refractivity contribution in [2.75, 3.05) is 13.2 Å². The van der Waals surface area contributed by atoms with E-state index >= 15 is 0 Å². The number of hydrogen-bond donors (Lipinski definition) is 3. The predicted molar refractivity (Wildman–Crippen MR) is 125 cm³/mol. The molecule has 0 fully saturated rings. The average Bonchev–Trinajstić information content (AvgIpc) is 2.76. The molecule has 0 bridgehead atoms. The number of hydrazone groups is 1. The lowest BCUT2D eigenvalue weighted by Crippen LogP contribution is -2.47. The van der Waals surface area contributed by atoms with Gasteiger partial charge in [0.1, 0.15) is 17.5 Å². The van der Waals surface area contributed by atoms with E-state index in [2.05, 4.69) is 15.8 Å². The molecule has 9 nitrogen and oxygen atoms in total. The highest BCUT2D eigenvalue weighted by atomic mass is 16.5. The predicted octanol–water partition coefficient (Wildman–Crippen LogP) is 1.92. The highest BCUT2D eigenvalue weighted by molar-refractivity contribution is 5.89. The van der Waals surface area contributed by atoms with Gasteiger partial charge in [0, 0.05) is 0 Å². The van der Waals surface area contributed by atoms with Crippen molar-refractivity contribution in [3.63, 3.8) is 0 Å². The Morgan fingerprint density at radius 3 is 2.52 bits per heavy atom. The zero-order valence-corrected chi connectivity index (χ0v) is 19.0. The molecule has 0 saturated heterocycles. The first-order valence-corrected chi connectivity index (χ1v) is 10.6. The van der Waals surface area contributed by atoms with Crippen molar-refractivity contribution in [2.45, 2.75) is 33.2 Å². The molecule has 33 heavy (non-hydrogen) atoms. The van der Waals surface area contributed by atoms with Crippen molar-refractivity contribution in [2.24, 2.45) is 16.8 Å². The van der Waals surface area contributed by atoms with Gasteiger partial charge in [-0.1, -0.05) is 44.2 Å². The molecule has 0 unspecified atom stereocenters. The van der Waals surface area contributed by atoms with Gasteiger partial charge in [-0.3, -0.25) is 14.4 Å². The molecule has 0 aliphatic heterocycles. The van der Waals surface area contributed by atoms with E-state index in [0.717, 1.165) is 5.56 Å². The van der Waals surface area contributed by atoms with Gasteiger partial charge in [-0.15, -0.1) is 0 Å². The van der Waals surface area contributed by atoms with Gasteiger partial charge in [0.05, 0.1) is 6.21 Å². The summed E-state index contributed by atoms with van der Waals surface area (Å²) in [5.41, 5.74) is 9.09. The SMILES string of the molecule is Cc1ccccc1OCC(=O)N[C@@H](CC(C)C)C(=O)N/N=C\c1cccc(OCC(N)=O)c1. The van der Waals surface area contributed by atoms with Gasteiger partial charge in [-0.25, -0.2) is 5.43 Å². The minimum atomic E-state index is -0.764. The lowest BCUT2D eigenvalue weighted by Gasteiger charge is -2.19. The number of benzene rings is 2. The third-order valence-electron chi connectivity index (χ3n) is 4.44. The molecule has 176 valence electrons. The van der Waals surface area contributed by atoms with Gasteiger partial charge in [-0.2, -0.15) is 5.10 Å². The number of primary amides is 1. The second-order valence-corrected chi connectivity index (χ2v) is 7.87. The van der Waals surface area contributed by atoms with Crippen LogP contribution in [0.25, 0.3) is 0 Å². The van der Waals surface area contributed by atoms with Crippen LogP contribution in [-0.2, 0) is 14.4 Å². The monoisotopic (exact) mass is 454 g/mol. The summed E-state index contributed by atoms with van der Waals surface area (Å²) in [5.74, 6) is -0.190. The first-order chi connectivity index (χ1) is 15.7. The fourth-order valence-electron chi connectivity index (χ4n) is 2.89. The maximum atomic E-state index is 12.6. The molecule has 1 atom stereocenters. The van der Waals surface area contributed by atoms with Crippen LogP contribution in [0.2, 0.25) is 0 Å². The summed E-state index contributed by atoms with van der Waals surface area (Å²) in [7, 11) is 0. The van der Waals surface area contributed by atoms with Crippen LogP contribution in [-0.4, -0.2) is 43.2 Å². The molecule has 0 spiro atoms. The second kappa shape index (κ2) is 12.8. The summed E-state index contributed by atoms with van der Waals surface area (Å²) in [4.78, 5) is 35.8. The molecule has 0 aliphatic rings. The Hall–Kier alpha value is -3.88. The number of para-hydroxylation sites is 1. The second-order valence-electron chi connectivity index (χ2n) is 7.87. The van der Waals surface area contributed by atoms with Crippen molar-refractivity contribution < 1.29 is 23.9 Å². The van der Waals surface area contributed by atoms with Crippen LogP contribution in [0.4, 0.5) is 0 Å². The highest BCUT2D eigenvalue weighted by Crippen LogP contribution is 2.16. The van der Waals surface area contributed by atoms with Crippen molar-refractivity contribution in [1.82, 2.24) is 10.7 Å². The van der Waals surface area contributed by atoms with Crippen molar-refractivity contribution in [3.8, 4) is 11.5 Å². The standard InChI is InChI=1S/C24H30N4O5/c1-16(2)11-20(27-23(30)15-33-21-10-5-4-7-17(21)3)24(31)28-26-13-18-8-6-9-19(12-18)32-14-22(25)29/h4-10,12-13,16,20H,11,14-15H2,1-3H3,(H2,25,29)(H,27,30)(H,28,31)/b26-13-/t20-/m0/s1. The van der Waals surface area contributed by atoms with Crippen LogP contribution < -0.4 is 25.9 Å². The lowest BCUT2D eigenvalue weighted by molar-refractivity contribution is -0.130. The van der Waals surface area contributed by atoms with E-state index in [9.17, 15) is 14.4 Å². The summed E-state index contributed by atoms with van der Waals surface area (Å²) < 4.78 is 10.8. The van der Waals surface area contributed by atoms with E-state index in [4.69, 9.17) is 15.2 Å². The molecule has 2 aromatic rings. The average molecular weight is 455 g/mol. The van der Waals surface area contributed by atoms with Gasteiger partial charge in [-0.05, 0) is 48.6 Å². The molecule has 0 saturated carbocycles. The largest absolute Gasteiger partial charge is 0.484 e. The fraction of sp³-hybridized carbons (Fsp3) is 0.333. The first kappa shape index (κ1) is 25.4. The number of carbonyl (C=O) groups excluding carboxylic acids is 3. The molecule has 3 amide bonds. The Labute approximate surface area is 193 Å². The van der Waals surface area contributed by atoms with E-state index in [0.29, 0.717) is 23.5 Å². The molecular formula is C24H30N4O5. The van der Waals surface area contributed by atoms with Crippen LogP contribution in [0.3, 0.4) is 0 Å². The molecule has 0 aliphatic carbocycles. The minimum absolute atomic E-state index is 0.168. The van der Waals surface area contributed by atoms with Crippen molar-refractivity contribution in [1.29, 1.82) is 0 Å². The maximum absolute atomic E-state index is 12.6. The number of rotatable bonds is 12. The molecule has 4 N–H and O–H groups in total. The van der Waals surface area contributed by atoms with Crippen molar-refractivity contribution >= 4 is 23.9 Å². The molecule has 2 aromatic carbocycles. The highest BCUT2D eigenvalue weighted by Gasteiger charge is 2.22. The number of aryl methyl sites for hydroxylation is 1. The molecule has 0 radical (unpaired) electrons. The number of nitrogens with two attached hydrogens (primary N) is 1. The van der Waals surface area contributed by atoms with E-state index in [1.54, 1.807) is 30.3 Å². The number of hydrogen-bond acceptors (Lipinski definition) is 6.